The average molecular weight is 482 g/mol. The van der Waals surface area contributed by atoms with E-state index in [1.54, 1.807) is 6.92 Å². The number of rotatable bonds is 6. The van der Waals surface area contributed by atoms with Crippen molar-refractivity contribution < 1.29 is 18.0 Å². The highest BCUT2D eigenvalue weighted by Crippen LogP contribution is 2.34. The van der Waals surface area contributed by atoms with Gasteiger partial charge in [0.05, 0.1) is 17.0 Å². The Morgan fingerprint density at radius 2 is 1.85 bits per heavy atom. The number of nitrogens with one attached hydrogen (secondary N) is 1. The average Bonchev–Trinajstić information content (AvgIpc) is 2.72. The second-order valence-corrected chi connectivity index (χ2v) is 8.77. The molecule has 0 bridgehead atoms. The van der Waals surface area contributed by atoms with Crippen molar-refractivity contribution in [1.82, 2.24) is 19.1 Å². The van der Waals surface area contributed by atoms with Gasteiger partial charge in [0.1, 0.15) is 16.2 Å². The van der Waals surface area contributed by atoms with E-state index >= 15 is 0 Å². The van der Waals surface area contributed by atoms with Gasteiger partial charge in [-0.2, -0.15) is 13.2 Å². The van der Waals surface area contributed by atoms with Crippen molar-refractivity contribution in [3.8, 4) is 0 Å². The van der Waals surface area contributed by atoms with E-state index in [2.05, 4.69) is 15.3 Å². The minimum Gasteiger partial charge on any atom is -0.325 e. The van der Waals surface area contributed by atoms with Crippen LogP contribution in [-0.4, -0.2) is 30.8 Å². The summed E-state index contributed by atoms with van der Waals surface area (Å²) in [6, 6.07) is 4.66. The van der Waals surface area contributed by atoms with E-state index in [1.807, 2.05) is 13.8 Å². The Kier molecular flexibility index (Phi) is 6.96. The predicted octanol–water partition coefficient (Wildman–Crippen LogP) is 3.20. The first-order chi connectivity index (χ1) is 15.4. The number of amides is 1. The summed E-state index contributed by atoms with van der Waals surface area (Å²) in [4.78, 5) is 46.4. The van der Waals surface area contributed by atoms with Crippen LogP contribution in [-0.2, 0) is 24.6 Å². The Balaban J connectivity index is 1.96. The molecule has 0 spiro atoms. The lowest BCUT2D eigenvalue weighted by atomic mass is 10.1. The molecule has 1 aromatic carbocycles. The second kappa shape index (κ2) is 9.38. The highest BCUT2D eigenvalue weighted by molar-refractivity contribution is 8.00. The zero-order valence-corrected chi connectivity index (χ0v) is 19.2. The highest BCUT2D eigenvalue weighted by Gasteiger charge is 2.33. The summed E-state index contributed by atoms with van der Waals surface area (Å²) in [7, 11) is 1.34. The fourth-order valence-electron chi connectivity index (χ4n) is 3.23. The maximum Gasteiger partial charge on any atom is 0.418 e. The lowest BCUT2D eigenvalue weighted by Crippen LogP contribution is -2.39. The third-order valence-electron chi connectivity index (χ3n) is 4.65. The predicted molar refractivity (Wildman–Crippen MR) is 119 cm³/mol. The van der Waals surface area contributed by atoms with Crippen LogP contribution in [0.3, 0.4) is 0 Å². The summed E-state index contributed by atoms with van der Waals surface area (Å²) in [6.45, 7) is 5.73. The van der Waals surface area contributed by atoms with E-state index < -0.39 is 28.9 Å². The van der Waals surface area contributed by atoms with Gasteiger partial charge in [-0.25, -0.2) is 14.8 Å². The van der Waals surface area contributed by atoms with Crippen molar-refractivity contribution in [2.75, 3.05) is 11.1 Å². The fraction of sp³-hybridized carbons (Fsp3) is 0.381. The number of carbonyl (C=O) groups is 1. The van der Waals surface area contributed by atoms with E-state index in [9.17, 15) is 27.6 Å². The first kappa shape index (κ1) is 24.5. The van der Waals surface area contributed by atoms with E-state index in [0.717, 1.165) is 28.5 Å². The Bertz CT molecular complexity index is 1330. The molecule has 2 aromatic heterocycles. The number of fused-ring (bicyclic) bond motifs is 1. The molecule has 0 saturated heterocycles. The normalized spacial score (nSPS) is 11.9. The van der Waals surface area contributed by atoms with Gasteiger partial charge in [0.25, 0.3) is 5.56 Å². The molecule has 3 rings (SSSR count). The van der Waals surface area contributed by atoms with E-state index in [0.29, 0.717) is 6.54 Å². The van der Waals surface area contributed by atoms with Crippen LogP contribution in [0.4, 0.5) is 18.9 Å². The number of halogens is 3. The van der Waals surface area contributed by atoms with Crippen LogP contribution < -0.4 is 16.6 Å². The molecule has 8 nitrogen and oxygen atoms in total. The first-order valence-corrected chi connectivity index (χ1v) is 11.0. The van der Waals surface area contributed by atoms with Gasteiger partial charge in [0, 0.05) is 13.6 Å². The van der Waals surface area contributed by atoms with Gasteiger partial charge >= 0.3 is 11.9 Å². The van der Waals surface area contributed by atoms with Crippen molar-refractivity contribution in [3.05, 3.63) is 56.5 Å². The van der Waals surface area contributed by atoms with Crippen LogP contribution in [0.15, 0.2) is 38.9 Å². The van der Waals surface area contributed by atoms with Crippen molar-refractivity contribution in [2.24, 2.45) is 13.0 Å². The fourth-order valence-corrected chi connectivity index (χ4v) is 4.09. The smallest absolute Gasteiger partial charge is 0.325 e. The van der Waals surface area contributed by atoms with Gasteiger partial charge in [-0.05, 0) is 25.0 Å². The van der Waals surface area contributed by atoms with Crippen molar-refractivity contribution in [3.63, 3.8) is 0 Å². The number of alkyl halides is 3. The molecule has 0 saturated carbocycles. The molecule has 0 fully saturated rings. The number of para-hydroxylation sites is 1. The monoisotopic (exact) mass is 481 g/mol. The van der Waals surface area contributed by atoms with Crippen LogP contribution >= 0.6 is 11.8 Å². The number of aryl methyl sites for hydroxylation is 1. The summed E-state index contributed by atoms with van der Waals surface area (Å²) in [5.41, 5.74) is -2.29. The third-order valence-corrected chi connectivity index (χ3v) is 5.63. The van der Waals surface area contributed by atoms with Gasteiger partial charge in [-0.15, -0.1) is 0 Å². The van der Waals surface area contributed by atoms with Gasteiger partial charge in [0.15, 0.2) is 5.65 Å². The van der Waals surface area contributed by atoms with Gasteiger partial charge in [-0.3, -0.25) is 18.7 Å². The molecule has 0 atom stereocenters. The molecule has 1 amide bonds. The molecule has 0 aliphatic heterocycles. The number of benzene rings is 1. The SMILES string of the molecule is Cc1nc(SCC(=O)Nc2ccccc2C(F)(F)F)c2c(=O)n(C)c(=O)n(CC(C)C)c2n1. The highest BCUT2D eigenvalue weighted by atomic mass is 32.2. The summed E-state index contributed by atoms with van der Waals surface area (Å²) in [5, 5.41) is 2.52. The number of hydrogen-bond donors (Lipinski definition) is 1. The number of thioether (sulfide) groups is 1. The number of nitrogens with zero attached hydrogens (tertiary/aromatic N) is 4. The van der Waals surface area contributed by atoms with Gasteiger partial charge in [0.2, 0.25) is 5.91 Å². The molecule has 3 aromatic rings. The standard InChI is InChI=1S/C21H22F3N5O3S/c1-11(2)9-29-17-16(19(31)28(4)20(29)32)18(26-12(3)25-17)33-10-15(30)27-14-8-6-5-7-13(14)21(22,23)24/h5-8,11H,9-10H2,1-4H3,(H,27,30). The van der Waals surface area contributed by atoms with Crippen LogP contribution in [0, 0.1) is 12.8 Å². The van der Waals surface area contributed by atoms with E-state index in [-0.39, 0.29) is 39.2 Å². The van der Waals surface area contributed by atoms with Crippen LogP contribution in [0.2, 0.25) is 0 Å². The number of carbonyl (C=O) groups excluding carboxylic acids is 1. The first-order valence-electron chi connectivity index (χ1n) is 9.97. The molecule has 12 heteroatoms. The topological polar surface area (TPSA) is 98.9 Å². The Morgan fingerprint density at radius 3 is 2.48 bits per heavy atom. The Hall–Kier alpha value is -3.15. The number of hydrogen-bond acceptors (Lipinski definition) is 6. The molecule has 2 heterocycles. The maximum absolute atomic E-state index is 13.2. The van der Waals surface area contributed by atoms with Crippen molar-refractivity contribution in [1.29, 1.82) is 0 Å². The molecule has 176 valence electrons. The number of aromatic nitrogens is 4. The van der Waals surface area contributed by atoms with E-state index in [4.69, 9.17) is 0 Å². The lowest BCUT2D eigenvalue weighted by Gasteiger charge is -2.15. The summed E-state index contributed by atoms with van der Waals surface area (Å²) in [6.07, 6.45) is -4.62. The summed E-state index contributed by atoms with van der Waals surface area (Å²) in [5.74, 6) is -0.620. The molecular formula is C21H22F3N5O3S. The van der Waals surface area contributed by atoms with Crippen LogP contribution in [0.1, 0.15) is 25.2 Å². The van der Waals surface area contributed by atoms with Gasteiger partial charge in [-0.1, -0.05) is 37.7 Å². The molecule has 0 unspecified atom stereocenters. The van der Waals surface area contributed by atoms with Crippen LogP contribution in [0.5, 0.6) is 0 Å². The third kappa shape index (κ3) is 5.27. The minimum absolute atomic E-state index is 0.0804. The second-order valence-electron chi connectivity index (χ2n) is 7.81. The summed E-state index contributed by atoms with van der Waals surface area (Å²) < 4.78 is 41.9. The van der Waals surface area contributed by atoms with Crippen molar-refractivity contribution in [2.45, 2.75) is 38.5 Å². The zero-order chi connectivity index (χ0) is 24.5. The van der Waals surface area contributed by atoms with E-state index in [1.165, 1.54) is 23.7 Å². The lowest BCUT2D eigenvalue weighted by molar-refractivity contribution is -0.137. The largest absolute Gasteiger partial charge is 0.418 e. The molecule has 0 radical (unpaired) electrons. The summed E-state index contributed by atoms with van der Waals surface area (Å²) >= 11 is 0.888. The Labute approximate surface area is 190 Å². The minimum atomic E-state index is -4.62. The van der Waals surface area contributed by atoms with Crippen molar-refractivity contribution >= 4 is 34.4 Å². The molecular weight excluding hydrogens is 459 g/mol. The molecule has 0 aliphatic rings. The molecule has 33 heavy (non-hydrogen) atoms. The zero-order valence-electron chi connectivity index (χ0n) is 18.4. The van der Waals surface area contributed by atoms with Crippen LogP contribution in [0.25, 0.3) is 11.0 Å². The quantitative estimate of drug-likeness (QED) is 0.429. The maximum atomic E-state index is 13.2. The number of anilines is 1. The van der Waals surface area contributed by atoms with Gasteiger partial charge < -0.3 is 5.32 Å². The molecule has 0 aliphatic carbocycles. The molecule has 1 N–H and O–H groups in total. The Morgan fingerprint density at radius 1 is 1.18 bits per heavy atom.